The third-order valence-electron chi connectivity index (χ3n) is 4.30. The minimum absolute atomic E-state index is 0. The Hall–Kier alpha value is -1.57. The van der Waals surface area contributed by atoms with Gasteiger partial charge in [-0.3, -0.25) is 4.79 Å². The van der Waals surface area contributed by atoms with Gasteiger partial charge >= 0.3 is 0 Å². The fraction of sp³-hybridized carbons (Fsp3) is 0.500. The molecular formula is C20H31IN4O. The number of hydrogen-bond donors (Lipinski definition) is 3. The number of carbonyl (C=O) groups excluding carboxylic acids is 1. The SMILES string of the molecule is CCNC(=NCc1cccc(C(=O)NC)c1)NCCC1=CCCCC1.I. The molecule has 1 aliphatic rings. The van der Waals surface area contributed by atoms with Crippen molar-refractivity contribution in [3.05, 3.63) is 47.0 Å². The van der Waals surface area contributed by atoms with E-state index in [1.54, 1.807) is 12.6 Å². The van der Waals surface area contributed by atoms with Gasteiger partial charge in [0.1, 0.15) is 0 Å². The number of aliphatic imine (C=N–C) groups is 1. The summed E-state index contributed by atoms with van der Waals surface area (Å²) in [5.41, 5.74) is 3.25. The van der Waals surface area contributed by atoms with Crippen LogP contribution in [-0.2, 0) is 6.54 Å². The summed E-state index contributed by atoms with van der Waals surface area (Å²) >= 11 is 0. The summed E-state index contributed by atoms with van der Waals surface area (Å²) in [5, 5.41) is 9.33. The van der Waals surface area contributed by atoms with Crippen molar-refractivity contribution >= 4 is 35.8 Å². The second kappa shape index (κ2) is 12.7. The van der Waals surface area contributed by atoms with Crippen LogP contribution in [0.2, 0.25) is 0 Å². The van der Waals surface area contributed by atoms with E-state index in [0.29, 0.717) is 12.1 Å². The first-order valence-corrected chi connectivity index (χ1v) is 9.24. The first kappa shape index (κ1) is 22.5. The minimum Gasteiger partial charge on any atom is -0.357 e. The number of benzene rings is 1. The molecule has 0 unspecified atom stereocenters. The van der Waals surface area contributed by atoms with E-state index in [9.17, 15) is 4.79 Å². The van der Waals surface area contributed by atoms with E-state index in [1.807, 2.05) is 24.3 Å². The number of rotatable bonds is 7. The number of nitrogens with zero attached hydrogens (tertiary/aromatic N) is 1. The second-order valence-corrected chi connectivity index (χ2v) is 6.26. The number of hydrogen-bond acceptors (Lipinski definition) is 2. The first-order valence-electron chi connectivity index (χ1n) is 9.24. The highest BCUT2D eigenvalue weighted by molar-refractivity contribution is 14.0. The maximum atomic E-state index is 11.7. The second-order valence-electron chi connectivity index (χ2n) is 6.26. The molecule has 0 aliphatic heterocycles. The van der Waals surface area contributed by atoms with Crippen LogP contribution in [0.4, 0.5) is 0 Å². The van der Waals surface area contributed by atoms with Crippen LogP contribution in [0.25, 0.3) is 0 Å². The molecule has 0 aromatic heterocycles. The molecule has 1 aromatic carbocycles. The van der Waals surface area contributed by atoms with Gasteiger partial charge in [0.25, 0.3) is 5.91 Å². The number of guanidine groups is 1. The molecule has 0 spiro atoms. The summed E-state index contributed by atoms with van der Waals surface area (Å²) in [6.07, 6.45) is 8.58. The molecule has 0 atom stereocenters. The zero-order chi connectivity index (χ0) is 17.9. The molecule has 0 saturated heterocycles. The zero-order valence-corrected chi connectivity index (χ0v) is 18.1. The van der Waals surface area contributed by atoms with Crippen LogP contribution in [0.3, 0.4) is 0 Å². The first-order chi connectivity index (χ1) is 12.2. The highest BCUT2D eigenvalue weighted by Crippen LogP contribution is 2.19. The highest BCUT2D eigenvalue weighted by Gasteiger charge is 2.05. The van der Waals surface area contributed by atoms with Crippen LogP contribution in [0.15, 0.2) is 40.9 Å². The fourth-order valence-electron chi connectivity index (χ4n) is 2.94. The van der Waals surface area contributed by atoms with Crippen LogP contribution in [-0.4, -0.2) is 32.0 Å². The maximum absolute atomic E-state index is 11.7. The summed E-state index contributed by atoms with van der Waals surface area (Å²) in [6, 6.07) is 7.59. The van der Waals surface area contributed by atoms with E-state index in [0.717, 1.165) is 31.0 Å². The van der Waals surface area contributed by atoms with Gasteiger partial charge in [-0.05, 0) is 56.7 Å². The van der Waals surface area contributed by atoms with E-state index in [-0.39, 0.29) is 29.9 Å². The molecule has 1 amide bonds. The average Bonchev–Trinajstić information content (AvgIpc) is 2.66. The van der Waals surface area contributed by atoms with E-state index in [2.05, 4.69) is 33.9 Å². The van der Waals surface area contributed by atoms with Crippen LogP contribution in [0.5, 0.6) is 0 Å². The van der Waals surface area contributed by atoms with E-state index in [1.165, 1.54) is 25.7 Å². The Balaban J connectivity index is 0.00000338. The molecule has 144 valence electrons. The van der Waals surface area contributed by atoms with Crippen molar-refractivity contribution in [3.63, 3.8) is 0 Å². The van der Waals surface area contributed by atoms with Gasteiger partial charge in [-0.2, -0.15) is 0 Å². The molecule has 2 rings (SSSR count). The summed E-state index contributed by atoms with van der Waals surface area (Å²) < 4.78 is 0. The standard InChI is InChI=1S/C20H30N4O.HI/c1-3-22-20(23-13-12-16-8-5-4-6-9-16)24-15-17-10-7-11-18(14-17)19(25)21-2;/h7-8,10-11,14H,3-6,9,12-13,15H2,1-2H3,(H,21,25)(H2,22,23,24);1H. The highest BCUT2D eigenvalue weighted by atomic mass is 127. The molecule has 26 heavy (non-hydrogen) atoms. The lowest BCUT2D eigenvalue weighted by Gasteiger charge is -2.15. The van der Waals surface area contributed by atoms with Gasteiger partial charge in [0.05, 0.1) is 6.54 Å². The van der Waals surface area contributed by atoms with Gasteiger partial charge in [-0.15, -0.1) is 24.0 Å². The van der Waals surface area contributed by atoms with Gasteiger partial charge in [-0.25, -0.2) is 4.99 Å². The number of nitrogens with one attached hydrogen (secondary N) is 3. The number of amides is 1. The molecule has 0 heterocycles. The van der Waals surface area contributed by atoms with Crippen LogP contribution in [0.1, 0.15) is 54.9 Å². The number of carbonyl (C=O) groups is 1. The van der Waals surface area contributed by atoms with Gasteiger partial charge < -0.3 is 16.0 Å². The molecule has 0 fully saturated rings. The number of halogens is 1. The average molecular weight is 470 g/mol. The maximum Gasteiger partial charge on any atom is 0.251 e. The van der Waals surface area contributed by atoms with Crippen LogP contribution < -0.4 is 16.0 Å². The Morgan fingerprint density at radius 2 is 2.08 bits per heavy atom. The van der Waals surface area contributed by atoms with Crippen molar-refractivity contribution in [2.24, 2.45) is 4.99 Å². The Labute approximate surface area is 174 Å². The molecule has 1 aliphatic carbocycles. The molecule has 6 heteroatoms. The third-order valence-corrected chi connectivity index (χ3v) is 4.30. The Morgan fingerprint density at radius 3 is 2.77 bits per heavy atom. The molecule has 0 radical (unpaired) electrons. The Kier molecular flexibility index (Phi) is 11.0. The zero-order valence-electron chi connectivity index (χ0n) is 15.8. The molecule has 3 N–H and O–H groups in total. The summed E-state index contributed by atoms with van der Waals surface area (Å²) in [5.74, 6) is 0.751. The van der Waals surface area contributed by atoms with E-state index < -0.39 is 0 Å². The largest absolute Gasteiger partial charge is 0.357 e. The Bertz CT molecular complexity index is 628. The number of allylic oxidation sites excluding steroid dienone is 1. The van der Waals surface area contributed by atoms with E-state index >= 15 is 0 Å². The van der Waals surface area contributed by atoms with Crippen molar-refractivity contribution in [2.45, 2.75) is 45.6 Å². The lowest BCUT2D eigenvalue weighted by molar-refractivity contribution is 0.0963. The van der Waals surface area contributed by atoms with Crippen LogP contribution in [0, 0.1) is 0 Å². The van der Waals surface area contributed by atoms with Gasteiger partial charge in [0.15, 0.2) is 5.96 Å². The molecular weight excluding hydrogens is 439 g/mol. The van der Waals surface area contributed by atoms with E-state index in [4.69, 9.17) is 0 Å². The molecule has 1 aromatic rings. The van der Waals surface area contributed by atoms with Crippen molar-refractivity contribution in [2.75, 3.05) is 20.1 Å². The lowest BCUT2D eigenvalue weighted by atomic mass is 9.97. The van der Waals surface area contributed by atoms with Crippen LogP contribution >= 0.6 is 24.0 Å². The quantitative estimate of drug-likeness (QED) is 0.247. The summed E-state index contributed by atoms with van der Waals surface area (Å²) in [4.78, 5) is 16.4. The van der Waals surface area contributed by atoms with Crippen molar-refractivity contribution in [1.82, 2.24) is 16.0 Å². The lowest BCUT2D eigenvalue weighted by Crippen LogP contribution is -2.37. The molecule has 0 saturated carbocycles. The summed E-state index contributed by atoms with van der Waals surface area (Å²) in [6.45, 7) is 4.33. The molecule has 5 nitrogen and oxygen atoms in total. The van der Waals surface area contributed by atoms with Crippen molar-refractivity contribution < 1.29 is 4.79 Å². The molecule has 0 bridgehead atoms. The Morgan fingerprint density at radius 1 is 1.23 bits per heavy atom. The van der Waals surface area contributed by atoms with Gasteiger partial charge in [-0.1, -0.05) is 23.8 Å². The predicted molar refractivity (Wildman–Crippen MR) is 119 cm³/mol. The van der Waals surface area contributed by atoms with Gasteiger partial charge in [0, 0.05) is 25.7 Å². The normalized spacial score (nSPS) is 14.1. The van der Waals surface area contributed by atoms with Crippen molar-refractivity contribution in [1.29, 1.82) is 0 Å². The van der Waals surface area contributed by atoms with Gasteiger partial charge in [0.2, 0.25) is 0 Å². The minimum atomic E-state index is -0.0726. The topological polar surface area (TPSA) is 65.5 Å². The smallest absolute Gasteiger partial charge is 0.251 e. The fourth-order valence-corrected chi connectivity index (χ4v) is 2.94. The monoisotopic (exact) mass is 470 g/mol. The summed E-state index contributed by atoms with van der Waals surface area (Å²) in [7, 11) is 1.64. The third kappa shape index (κ3) is 7.76. The predicted octanol–water partition coefficient (Wildman–Crippen LogP) is 3.61. The van der Waals surface area contributed by atoms with Crippen molar-refractivity contribution in [3.8, 4) is 0 Å².